The molecule has 3 atom stereocenters. The van der Waals surface area contributed by atoms with E-state index in [-0.39, 0.29) is 23.6 Å². The van der Waals surface area contributed by atoms with E-state index in [1.165, 1.54) is 40.5 Å². The number of rotatable bonds is 5. The van der Waals surface area contributed by atoms with Crippen LogP contribution < -0.4 is 19.8 Å². The van der Waals surface area contributed by atoms with Gasteiger partial charge >= 0.3 is 5.97 Å². The summed E-state index contributed by atoms with van der Waals surface area (Å²) >= 11 is 1.20. The molecule has 0 radical (unpaired) electrons. The van der Waals surface area contributed by atoms with Crippen molar-refractivity contribution in [1.29, 1.82) is 0 Å². The second-order valence-corrected chi connectivity index (χ2v) is 15.4. The molecule has 2 amide bonds. The zero-order valence-corrected chi connectivity index (χ0v) is 30.5. The number of hydrogen-bond acceptors (Lipinski definition) is 7. The van der Waals surface area contributed by atoms with Gasteiger partial charge in [-0.05, 0) is 82.8 Å². The summed E-state index contributed by atoms with van der Waals surface area (Å²) in [5, 5.41) is 1.83. The molecule has 8 nitrogen and oxygen atoms in total. The third kappa shape index (κ3) is 4.51. The Morgan fingerprint density at radius 1 is 0.836 bits per heavy atom. The molecule has 0 unspecified atom stereocenters. The summed E-state index contributed by atoms with van der Waals surface area (Å²) in [5.74, 6) is -3.88. The number of esters is 1. The standard InChI is InChI=1S/C45H32FN3O5S/c1-3-54-43(53)35-24(2)47-44-49(39(35)29-16-10-12-25-11-4-5-13-28(25)29)40(50)34(55-44)23-45-32-17-8-6-14-30(32)36(31-15-7-9-18-33(31)45)37-38(45)42(52)48(41(37)51)27-21-19-26(46)20-22-27/h4-23,36-39H,3H2,1-2H3/b34-23+/t36?,37-,38-,39-,45?/m0/s1. The Morgan fingerprint density at radius 3 is 2.18 bits per heavy atom. The van der Waals surface area contributed by atoms with Crippen LogP contribution in [0.2, 0.25) is 0 Å². The summed E-state index contributed by atoms with van der Waals surface area (Å²) in [5.41, 5.74) is 3.69. The molecule has 270 valence electrons. The van der Waals surface area contributed by atoms with Crippen molar-refractivity contribution in [2.45, 2.75) is 31.2 Å². The fourth-order valence-electron chi connectivity index (χ4n) is 9.70. The molecular formula is C45H32FN3O5S. The van der Waals surface area contributed by atoms with Crippen LogP contribution in [-0.4, -0.2) is 29.0 Å². The third-order valence-corrected chi connectivity index (χ3v) is 12.7. The van der Waals surface area contributed by atoms with Crippen molar-refractivity contribution >= 4 is 51.7 Å². The van der Waals surface area contributed by atoms with E-state index in [0.717, 1.165) is 38.6 Å². The molecule has 2 aliphatic heterocycles. The second kappa shape index (κ2) is 12.1. The van der Waals surface area contributed by atoms with Gasteiger partial charge in [0.2, 0.25) is 11.8 Å². The SMILES string of the molecule is CCOC(=O)C1=C(C)N=c2s/c(=C/C34c5ccccc5C(c5ccccc53)[C@@H]3C(=O)N(c5ccc(F)cc5)C(=O)[C@H]34)c(=O)n2[C@H]1c1cccc2ccccc12. The van der Waals surface area contributed by atoms with Gasteiger partial charge in [-0.3, -0.25) is 19.0 Å². The average Bonchev–Trinajstić information content (AvgIpc) is 3.65. The van der Waals surface area contributed by atoms with Crippen LogP contribution in [0.5, 0.6) is 0 Å². The van der Waals surface area contributed by atoms with Crippen LogP contribution in [0.3, 0.4) is 0 Å². The van der Waals surface area contributed by atoms with Crippen molar-refractivity contribution in [3.8, 4) is 0 Å². The van der Waals surface area contributed by atoms with Gasteiger partial charge in [0.05, 0.1) is 51.4 Å². The topological polar surface area (TPSA) is 98.0 Å². The summed E-state index contributed by atoms with van der Waals surface area (Å²) in [6.07, 6.45) is 1.88. The molecular weight excluding hydrogens is 714 g/mol. The Kier molecular flexibility index (Phi) is 7.35. The van der Waals surface area contributed by atoms with E-state index in [9.17, 15) is 18.8 Å². The van der Waals surface area contributed by atoms with Crippen LogP contribution in [0.4, 0.5) is 10.1 Å². The molecule has 5 aromatic carbocycles. The third-order valence-electron chi connectivity index (χ3n) is 11.8. The van der Waals surface area contributed by atoms with E-state index < -0.39 is 46.9 Å². The molecule has 11 rings (SSSR count). The Bertz CT molecular complexity index is 2840. The number of fused-ring (bicyclic) bond motifs is 2. The highest BCUT2D eigenvalue weighted by Gasteiger charge is 2.67. The number of halogens is 1. The van der Waals surface area contributed by atoms with Crippen molar-refractivity contribution in [2.75, 3.05) is 11.5 Å². The van der Waals surface area contributed by atoms with Crippen LogP contribution in [-0.2, 0) is 24.5 Å². The molecule has 55 heavy (non-hydrogen) atoms. The zero-order chi connectivity index (χ0) is 37.7. The lowest BCUT2D eigenvalue weighted by molar-refractivity contribution is -0.139. The van der Waals surface area contributed by atoms with Gasteiger partial charge < -0.3 is 4.74 Å². The minimum Gasteiger partial charge on any atom is -0.463 e. The molecule has 0 saturated carbocycles. The fourth-order valence-corrected chi connectivity index (χ4v) is 10.8. The highest BCUT2D eigenvalue weighted by Crippen LogP contribution is 2.65. The van der Waals surface area contributed by atoms with Crippen molar-refractivity contribution in [2.24, 2.45) is 16.8 Å². The molecule has 3 heterocycles. The van der Waals surface area contributed by atoms with Crippen LogP contribution in [0.25, 0.3) is 16.8 Å². The molecule has 3 aliphatic carbocycles. The summed E-state index contributed by atoms with van der Waals surface area (Å²) < 4.78 is 21.5. The van der Waals surface area contributed by atoms with E-state index in [4.69, 9.17) is 9.73 Å². The number of carbonyl (C=O) groups is 3. The first-order valence-corrected chi connectivity index (χ1v) is 19.1. The van der Waals surface area contributed by atoms with Gasteiger partial charge in [0.25, 0.3) is 5.56 Å². The molecule has 1 fully saturated rings. The summed E-state index contributed by atoms with van der Waals surface area (Å²) in [7, 11) is 0. The maximum atomic E-state index is 15.2. The smallest absolute Gasteiger partial charge is 0.338 e. The van der Waals surface area contributed by atoms with Gasteiger partial charge in [0.1, 0.15) is 5.82 Å². The summed E-state index contributed by atoms with van der Waals surface area (Å²) in [6.45, 7) is 3.64. The maximum Gasteiger partial charge on any atom is 0.338 e. The van der Waals surface area contributed by atoms with Crippen molar-refractivity contribution < 1.29 is 23.5 Å². The Hall–Kier alpha value is -6.26. The number of amides is 2. The van der Waals surface area contributed by atoms with Crippen LogP contribution in [0, 0.1) is 17.7 Å². The highest BCUT2D eigenvalue weighted by atomic mass is 32.1. The minimum absolute atomic E-state index is 0.148. The number of carbonyl (C=O) groups excluding carboxylic acids is 3. The number of hydrogen-bond donors (Lipinski definition) is 0. The molecule has 10 heteroatoms. The largest absolute Gasteiger partial charge is 0.463 e. The quantitative estimate of drug-likeness (QED) is 0.153. The first-order valence-electron chi connectivity index (χ1n) is 18.2. The van der Waals surface area contributed by atoms with E-state index in [1.807, 2.05) is 97.1 Å². The molecule has 0 N–H and O–H groups in total. The van der Waals surface area contributed by atoms with Crippen molar-refractivity contribution in [1.82, 2.24) is 4.57 Å². The average molecular weight is 746 g/mol. The predicted octanol–water partition coefficient (Wildman–Crippen LogP) is 6.29. The maximum absolute atomic E-state index is 15.2. The van der Waals surface area contributed by atoms with Crippen molar-refractivity contribution in [3.05, 3.63) is 180 Å². The van der Waals surface area contributed by atoms with E-state index in [1.54, 1.807) is 18.4 Å². The van der Waals surface area contributed by atoms with Gasteiger partial charge in [-0.1, -0.05) is 102 Å². The Balaban J connectivity index is 1.26. The molecule has 2 bridgehead atoms. The normalized spacial score (nSPS) is 23.7. The summed E-state index contributed by atoms with van der Waals surface area (Å²) in [6, 6.07) is 33.9. The summed E-state index contributed by atoms with van der Waals surface area (Å²) in [4.78, 5) is 65.0. The van der Waals surface area contributed by atoms with Crippen LogP contribution in [0.15, 0.2) is 136 Å². The number of imide groups is 1. The number of aromatic nitrogens is 1. The lowest BCUT2D eigenvalue weighted by atomic mass is 9.47. The van der Waals surface area contributed by atoms with Gasteiger partial charge in [-0.15, -0.1) is 0 Å². The van der Waals surface area contributed by atoms with Crippen molar-refractivity contribution in [3.63, 3.8) is 0 Å². The van der Waals surface area contributed by atoms with Gasteiger partial charge in [-0.2, -0.15) is 0 Å². The first-order chi connectivity index (χ1) is 26.7. The lowest BCUT2D eigenvalue weighted by Gasteiger charge is -2.53. The number of nitrogens with zero attached hydrogens (tertiary/aromatic N) is 3. The zero-order valence-electron chi connectivity index (χ0n) is 29.7. The fraction of sp³-hybridized carbons (Fsp3) is 0.178. The number of allylic oxidation sites excluding steroid dienone is 1. The molecule has 1 aromatic heterocycles. The molecule has 6 aromatic rings. The predicted molar refractivity (Wildman–Crippen MR) is 207 cm³/mol. The molecule has 1 saturated heterocycles. The van der Waals surface area contributed by atoms with Crippen LogP contribution in [0.1, 0.15) is 53.6 Å². The second-order valence-electron chi connectivity index (χ2n) is 14.4. The van der Waals surface area contributed by atoms with Gasteiger partial charge in [-0.25, -0.2) is 19.1 Å². The molecule has 0 spiro atoms. The monoisotopic (exact) mass is 745 g/mol. The van der Waals surface area contributed by atoms with Gasteiger partial charge in [0, 0.05) is 5.92 Å². The van der Waals surface area contributed by atoms with E-state index in [2.05, 4.69) is 0 Å². The minimum atomic E-state index is -1.23. The number of anilines is 1. The van der Waals surface area contributed by atoms with E-state index >= 15 is 4.79 Å². The Morgan fingerprint density at radius 2 is 1.47 bits per heavy atom. The lowest BCUT2D eigenvalue weighted by Crippen LogP contribution is -2.53. The number of ether oxygens (including phenoxy) is 1. The first kappa shape index (κ1) is 33.3. The molecule has 5 aliphatic rings. The number of benzene rings is 5. The van der Waals surface area contributed by atoms with E-state index in [0.29, 0.717) is 20.7 Å². The Labute approximate surface area is 318 Å². The number of thiazole rings is 1. The highest BCUT2D eigenvalue weighted by molar-refractivity contribution is 7.07. The van der Waals surface area contributed by atoms with Gasteiger partial charge in [0.15, 0.2) is 4.80 Å². The van der Waals surface area contributed by atoms with Crippen LogP contribution >= 0.6 is 11.3 Å².